The minimum Gasteiger partial charge on any atom is -0.373 e. The van der Waals surface area contributed by atoms with Crippen molar-refractivity contribution in [2.45, 2.75) is 39.9 Å². The van der Waals surface area contributed by atoms with Crippen molar-refractivity contribution >= 4 is 17.6 Å². The molecule has 17 heavy (non-hydrogen) atoms. The molecule has 0 saturated heterocycles. The number of hydrogen-bond donors (Lipinski definition) is 1. The predicted octanol–water partition coefficient (Wildman–Crippen LogP) is 3.28. The van der Waals surface area contributed by atoms with Crippen molar-refractivity contribution in [3.63, 3.8) is 0 Å². The Labute approximate surface area is 109 Å². The van der Waals surface area contributed by atoms with Gasteiger partial charge in [0.1, 0.15) is 11.6 Å². The quantitative estimate of drug-likeness (QED) is 0.844. The number of aryl methyl sites for hydroxylation is 1. The molecule has 96 valence electrons. The summed E-state index contributed by atoms with van der Waals surface area (Å²) in [6, 6.07) is 0. The molecule has 0 spiro atoms. The molecule has 1 rings (SSSR count). The SMILES string of the molecule is CCc1c(C)nc(CSCC(C)C)nc1NC. The van der Waals surface area contributed by atoms with Crippen LogP contribution >= 0.6 is 11.8 Å². The molecule has 0 aliphatic rings. The minimum atomic E-state index is 0.722. The molecule has 0 unspecified atom stereocenters. The molecule has 0 aliphatic heterocycles. The summed E-state index contributed by atoms with van der Waals surface area (Å²) in [5.41, 5.74) is 2.33. The van der Waals surface area contributed by atoms with Crippen LogP contribution in [0, 0.1) is 12.8 Å². The van der Waals surface area contributed by atoms with Gasteiger partial charge in [0.2, 0.25) is 0 Å². The first kappa shape index (κ1) is 14.3. The van der Waals surface area contributed by atoms with E-state index in [1.807, 2.05) is 18.8 Å². The first-order valence-electron chi connectivity index (χ1n) is 6.20. The van der Waals surface area contributed by atoms with Gasteiger partial charge in [0.05, 0.1) is 5.75 Å². The molecule has 0 bridgehead atoms. The predicted molar refractivity (Wildman–Crippen MR) is 76.7 cm³/mol. The molecule has 0 amide bonds. The van der Waals surface area contributed by atoms with Crippen LogP contribution in [0.4, 0.5) is 5.82 Å². The molecular formula is C13H23N3S. The fraction of sp³-hybridized carbons (Fsp3) is 0.692. The van der Waals surface area contributed by atoms with E-state index in [1.165, 1.54) is 5.56 Å². The lowest BCUT2D eigenvalue weighted by Gasteiger charge is -2.11. The number of nitrogens with zero attached hydrogens (tertiary/aromatic N) is 2. The van der Waals surface area contributed by atoms with E-state index in [0.717, 1.165) is 41.2 Å². The van der Waals surface area contributed by atoms with E-state index in [0.29, 0.717) is 0 Å². The third-order valence-corrected chi connectivity index (χ3v) is 3.90. The molecule has 1 heterocycles. The van der Waals surface area contributed by atoms with E-state index in [1.54, 1.807) is 0 Å². The Bertz CT molecular complexity index is 364. The van der Waals surface area contributed by atoms with E-state index in [9.17, 15) is 0 Å². The van der Waals surface area contributed by atoms with Crippen molar-refractivity contribution in [3.8, 4) is 0 Å². The van der Waals surface area contributed by atoms with E-state index in [2.05, 4.69) is 43.0 Å². The summed E-state index contributed by atoms with van der Waals surface area (Å²) in [5.74, 6) is 4.71. The van der Waals surface area contributed by atoms with Gasteiger partial charge in [0, 0.05) is 18.3 Å². The van der Waals surface area contributed by atoms with E-state index in [-0.39, 0.29) is 0 Å². The first-order chi connectivity index (χ1) is 8.08. The molecular weight excluding hydrogens is 230 g/mol. The third kappa shape index (κ3) is 4.19. The highest BCUT2D eigenvalue weighted by Gasteiger charge is 2.09. The molecule has 0 aliphatic carbocycles. The second-order valence-corrected chi connectivity index (χ2v) is 5.60. The second kappa shape index (κ2) is 6.84. The standard InChI is InChI=1S/C13H23N3S/c1-6-11-10(4)15-12(16-13(11)14-5)8-17-7-9(2)3/h9H,6-8H2,1-5H3,(H,14,15,16). The van der Waals surface area contributed by atoms with Gasteiger partial charge in [-0.25, -0.2) is 9.97 Å². The first-order valence-corrected chi connectivity index (χ1v) is 7.35. The number of hydrogen-bond acceptors (Lipinski definition) is 4. The summed E-state index contributed by atoms with van der Waals surface area (Å²) in [6.45, 7) is 8.67. The molecule has 3 nitrogen and oxygen atoms in total. The minimum absolute atomic E-state index is 0.722. The van der Waals surface area contributed by atoms with Crippen LogP contribution in [0.3, 0.4) is 0 Å². The van der Waals surface area contributed by atoms with Gasteiger partial charge in [-0.05, 0) is 25.0 Å². The van der Waals surface area contributed by atoms with Crippen LogP contribution in [0.5, 0.6) is 0 Å². The molecule has 1 aromatic heterocycles. The van der Waals surface area contributed by atoms with Gasteiger partial charge in [-0.2, -0.15) is 11.8 Å². The van der Waals surface area contributed by atoms with Crippen LogP contribution in [0.1, 0.15) is 37.9 Å². The van der Waals surface area contributed by atoms with E-state index >= 15 is 0 Å². The van der Waals surface area contributed by atoms with Gasteiger partial charge >= 0.3 is 0 Å². The molecule has 0 saturated carbocycles. The average Bonchev–Trinajstić information content (AvgIpc) is 2.27. The fourth-order valence-electron chi connectivity index (χ4n) is 1.73. The highest BCUT2D eigenvalue weighted by molar-refractivity contribution is 7.98. The molecule has 0 radical (unpaired) electrons. The monoisotopic (exact) mass is 253 g/mol. The summed E-state index contributed by atoms with van der Waals surface area (Å²) in [7, 11) is 1.92. The van der Waals surface area contributed by atoms with Crippen LogP contribution in [0.25, 0.3) is 0 Å². The molecule has 4 heteroatoms. The second-order valence-electron chi connectivity index (χ2n) is 4.56. The zero-order chi connectivity index (χ0) is 12.8. The molecule has 1 aromatic rings. The lowest BCUT2D eigenvalue weighted by Crippen LogP contribution is -2.07. The molecule has 0 fully saturated rings. The van der Waals surface area contributed by atoms with Crippen molar-refractivity contribution < 1.29 is 0 Å². The van der Waals surface area contributed by atoms with Crippen LogP contribution in [-0.4, -0.2) is 22.8 Å². The zero-order valence-corrected chi connectivity index (χ0v) is 12.3. The number of aromatic nitrogens is 2. The van der Waals surface area contributed by atoms with Crippen molar-refractivity contribution in [3.05, 3.63) is 17.1 Å². The van der Waals surface area contributed by atoms with Crippen LogP contribution in [-0.2, 0) is 12.2 Å². The number of rotatable bonds is 6. The zero-order valence-electron chi connectivity index (χ0n) is 11.5. The summed E-state index contributed by atoms with van der Waals surface area (Å²) in [6.07, 6.45) is 0.974. The largest absolute Gasteiger partial charge is 0.373 e. The summed E-state index contributed by atoms with van der Waals surface area (Å²) >= 11 is 1.90. The Morgan fingerprint density at radius 3 is 2.53 bits per heavy atom. The Balaban J connectivity index is 2.77. The fourth-order valence-corrected chi connectivity index (χ4v) is 2.64. The average molecular weight is 253 g/mol. The highest BCUT2D eigenvalue weighted by atomic mass is 32.2. The smallest absolute Gasteiger partial charge is 0.140 e. The summed E-state index contributed by atoms with van der Waals surface area (Å²) in [4.78, 5) is 9.15. The van der Waals surface area contributed by atoms with Crippen LogP contribution in [0.15, 0.2) is 0 Å². The number of anilines is 1. The van der Waals surface area contributed by atoms with Crippen LogP contribution in [0.2, 0.25) is 0 Å². The van der Waals surface area contributed by atoms with Crippen molar-refractivity contribution in [1.29, 1.82) is 0 Å². The third-order valence-electron chi connectivity index (χ3n) is 2.53. The van der Waals surface area contributed by atoms with Gasteiger partial charge in [0.25, 0.3) is 0 Å². The molecule has 1 N–H and O–H groups in total. The molecule has 0 atom stereocenters. The highest BCUT2D eigenvalue weighted by Crippen LogP contribution is 2.19. The maximum atomic E-state index is 4.58. The Kier molecular flexibility index (Phi) is 5.75. The summed E-state index contributed by atoms with van der Waals surface area (Å²) < 4.78 is 0. The Hall–Kier alpha value is -0.770. The van der Waals surface area contributed by atoms with Gasteiger partial charge in [-0.1, -0.05) is 20.8 Å². The molecule has 0 aromatic carbocycles. The van der Waals surface area contributed by atoms with Gasteiger partial charge in [-0.3, -0.25) is 0 Å². The van der Waals surface area contributed by atoms with E-state index < -0.39 is 0 Å². The number of nitrogens with one attached hydrogen (secondary N) is 1. The maximum absolute atomic E-state index is 4.58. The lowest BCUT2D eigenvalue weighted by atomic mass is 10.1. The summed E-state index contributed by atoms with van der Waals surface area (Å²) in [5, 5.41) is 3.17. The Morgan fingerprint density at radius 1 is 1.29 bits per heavy atom. The van der Waals surface area contributed by atoms with Gasteiger partial charge in [-0.15, -0.1) is 0 Å². The maximum Gasteiger partial charge on any atom is 0.140 e. The number of thioether (sulfide) groups is 1. The van der Waals surface area contributed by atoms with Gasteiger partial charge < -0.3 is 5.32 Å². The topological polar surface area (TPSA) is 37.8 Å². The lowest BCUT2D eigenvalue weighted by molar-refractivity contribution is 0.749. The van der Waals surface area contributed by atoms with Crippen molar-refractivity contribution in [2.24, 2.45) is 5.92 Å². The van der Waals surface area contributed by atoms with Gasteiger partial charge in [0.15, 0.2) is 0 Å². The van der Waals surface area contributed by atoms with Crippen molar-refractivity contribution in [2.75, 3.05) is 18.1 Å². The van der Waals surface area contributed by atoms with Crippen molar-refractivity contribution in [1.82, 2.24) is 9.97 Å². The Morgan fingerprint density at radius 2 is 2.00 bits per heavy atom. The van der Waals surface area contributed by atoms with Crippen LogP contribution < -0.4 is 5.32 Å². The van der Waals surface area contributed by atoms with E-state index in [4.69, 9.17) is 0 Å². The normalized spacial score (nSPS) is 10.9.